The van der Waals surface area contributed by atoms with Crippen molar-refractivity contribution in [3.8, 4) is 11.5 Å². The van der Waals surface area contributed by atoms with Crippen molar-refractivity contribution in [2.75, 3.05) is 7.11 Å². The summed E-state index contributed by atoms with van der Waals surface area (Å²) in [7, 11) is 1.68. The van der Waals surface area contributed by atoms with E-state index in [0.29, 0.717) is 5.75 Å². The molecule has 0 spiro atoms. The second-order valence-corrected chi connectivity index (χ2v) is 11.7. The van der Waals surface area contributed by atoms with Crippen molar-refractivity contribution in [3.63, 3.8) is 0 Å². The summed E-state index contributed by atoms with van der Waals surface area (Å²) in [6, 6.07) is 22.8. The Bertz CT molecular complexity index is 1160. The van der Waals surface area contributed by atoms with Crippen LogP contribution in [-0.4, -0.2) is 13.1 Å². The van der Waals surface area contributed by atoms with Crippen molar-refractivity contribution in [3.05, 3.63) is 94.5 Å². The van der Waals surface area contributed by atoms with Crippen LogP contribution in [-0.2, 0) is 22.0 Å². The topological polar surface area (TPSA) is 35.5 Å². The SMILES string of the molecule is COc1cc(C(C)(C)C)c(OC(=O)[C@@H]2c3ccccc3CC[C@H]2c2ccccc2)c(C(C)(C)C)c1. The molecular weight excluding hydrogens is 432 g/mol. The van der Waals surface area contributed by atoms with Crippen LogP contribution in [0, 0.1) is 0 Å². The Balaban J connectivity index is 1.85. The molecule has 1 aliphatic rings. The Morgan fingerprint density at radius 3 is 1.97 bits per heavy atom. The molecule has 3 heteroatoms. The van der Waals surface area contributed by atoms with Crippen molar-refractivity contribution < 1.29 is 14.3 Å². The van der Waals surface area contributed by atoms with E-state index < -0.39 is 0 Å². The molecule has 3 aromatic rings. The summed E-state index contributed by atoms with van der Waals surface area (Å²) in [5.74, 6) is 0.987. The second kappa shape index (κ2) is 9.53. The summed E-state index contributed by atoms with van der Waals surface area (Å²) in [5, 5.41) is 0. The number of benzene rings is 3. The highest BCUT2D eigenvalue weighted by Crippen LogP contribution is 2.46. The molecule has 0 heterocycles. The molecule has 0 saturated heterocycles. The minimum atomic E-state index is -0.356. The maximum atomic E-state index is 14.2. The number of hydrogen-bond donors (Lipinski definition) is 0. The monoisotopic (exact) mass is 470 g/mol. The van der Waals surface area contributed by atoms with Crippen LogP contribution in [0.2, 0.25) is 0 Å². The van der Waals surface area contributed by atoms with E-state index in [0.717, 1.165) is 35.3 Å². The van der Waals surface area contributed by atoms with Crippen molar-refractivity contribution in [2.24, 2.45) is 0 Å². The third-order valence-electron chi connectivity index (χ3n) is 7.12. The van der Waals surface area contributed by atoms with E-state index >= 15 is 0 Å². The molecule has 35 heavy (non-hydrogen) atoms. The minimum absolute atomic E-state index is 0.0769. The molecule has 184 valence electrons. The van der Waals surface area contributed by atoms with Gasteiger partial charge in [0.15, 0.2) is 0 Å². The number of esters is 1. The number of carbonyl (C=O) groups excluding carboxylic acids is 1. The summed E-state index contributed by atoms with van der Waals surface area (Å²) in [6.07, 6.45) is 1.88. The van der Waals surface area contributed by atoms with E-state index in [2.05, 4.69) is 84.0 Å². The Hall–Kier alpha value is -3.07. The fourth-order valence-corrected chi connectivity index (χ4v) is 5.22. The zero-order chi connectivity index (χ0) is 25.4. The fraction of sp³-hybridized carbons (Fsp3) is 0.406. The standard InChI is InChI=1S/C32H38O3/c1-31(2,3)26-19-23(34-7)20-27(32(4,5)6)29(26)35-30(33)28-24-16-12-11-15-22(24)17-18-25(28)21-13-9-8-10-14-21/h8-16,19-20,25,28H,17-18H2,1-7H3/t25-,28+/m0/s1. The summed E-state index contributed by atoms with van der Waals surface area (Å²) < 4.78 is 12.1. The average molecular weight is 471 g/mol. The highest BCUT2D eigenvalue weighted by atomic mass is 16.5. The number of carbonyl (C=O) groups is 1. The van der Waals surface area contributed by atoms with Gasteiger partial charge in [-0.3, -0.25) is 4.79 Å². The molecule has 1 aliphatic carbocycles. The van der Waals surface area contributed by atoms with E-state index in [1.54, 1.807) is 7.11 Å². The molecule has 0 aliphatic heterocycles. The van der Waals surface area contributed by atoms with Crippen LogP contribution in [0.4, 0.5) is 0 Å². The van der Waals surface area contributed by atoms with Crippen LogP contribution in [0.25, 0.3) is 0 Å². The molecule has 0 aromatic heterocycles. The Morgan fingerprint density at radius 2 is 1.40 bits per heavy atom. The molecule has 0 amide bonds. The Kier molecular flexibility index (Phi) is 6.81. The van der Waals surface area contributed by atoms with Gasteiger partial charge in [-0.1, -0.05) is 96.1 Å². The van der Waals surface area contributed by atoms with Crippen LogP contribution < -0.4 is 9.47 Å². The molecule has 3 nitrogen and oxygen atoms in total. The van der Waals surface area contributed by atoms with Gasteiger partial charge in [-0.15, -0.1) is 0 Å². The van der Waals surface area contributed by atoms with Gasteiger partial charge < -0.3 is 9.47 Å². The normalized spacial score (nSPS) is 18.0. The van der Waals surface area contributed by atoms with Gasteiger partial charge >= 0.3 is 5.97 Å². The lowest BCUT2D eigenvalue weighted by atomic mass is 9.72. The van der Waals surface area contributed by atoms with Gasteiger partial charge in [-0.05, 0) is 52.5 Å². The van der Waals surface area contributed by atoms with Crippen LogP contribution >= 0.6 is 0 Å². The van der Waals surface area contributed by atoms with E-state index in [-0.39, 0.29) is 28.6 Å². The van der Waals surface area contributed by atoms with Gasteiger partial charge in [0.05, 0.1) is 13.0 Å². The first-order chi connectivity index (χ1) is 16.5. The number of hydrogen-bond acceptors (Lipinski definition) is 3. The van der Waals surface area contributed by atoms with Gasteiger partial charge in [0.2, 0.25) is 0 Å². The van der Waals surface area contributed by atoms with Crippen molar-refractivity contribution >= 4 is 5.97 Å². The van der Waals surface area contributed by atoms with E-state index in [1.807, 2.05) is 24.3 Å². The van der Waals surface area contributed by atoms with Crippen LogP contribution in [0.3, 0.4) is 0 Å². The lowest BCUT2D eigenvalue weighted by molar-refractivity contribution is -0.137. The average Bonchev–Trinajstić information content (AvgIpc) is 2.82. The van der Waals surface area contributed by atoms with E-state index in [4.69, 9.17) is 9.47 Å². The first kappa shape index (κ1) is 25.0. The number of methoxy groups -OCH3 is 1. The first-order valence-corrected chi connectivity index (χ1v) is 12.6. The molecule has 0 saturated carbocycles. The van der Waals surface area contributed by atoms with E-state index in [9.17, 15) is 4.79 Å². The third-order valence-corrected chi connectivity index (χ3v) is 7.12. The van der Waals surface area contributed by atoms with Crippen LogP contribution in [0.15, 0.2) is 66.7 Å². The Morgan fingerprint density at radius 1 is 0.829 bits per heavy atom. The molecule has 4 rings (SSSR count). The number of aryl methyl sites for hydroxylation is 1. The maximum Gasteiger partial charge on any atom is 0.319 e. The summed E-state index contributed by atoms with van der Waals surface area (Å²) in [6.45, 7) is 12.9. The fourth-order valence-electron chi connectivity index (χ4n) is 5.22. The highest BCUT2D eigenvalue weighted by molar-refractivity contribution is 5.83. The number of fused-ring (bicyclic) bond motifs is 1. The molecule has 0 bridgehead atoms. The van der Waals surface area contributed by atoms with Crippen molar-refractivity contribution in [2.45, 2.75) is 77.0 Å². The van der Waals surface area contributed by atoms with Crippen molar-refractivity contribution in [1.82, 2.24) is 0 Å². The smallest absolute Gasteiger partial charge is 0.319 e. The molecule has 0 fully saturated rings. The molecule has 3 aromatic carbocycles. The van der Waals surface area contributed by atoms with Gasteiger partial charge in [0.25, 0.3) is 0 Å². The summed E-state index contributed by atoms with van der Waals surface area (Å²) in [5.41, 5.74) is 5.02. The predicted molar refractivity (Wildman–Crippen MR) is 143 cm³/mol. The molecule has 2 atom stereocenters. The zero-order valence-corrected chi connectivity index (χ0v) is 22.1. The largest absolute Gasteiger partial charge is 0.497 e. The van der Waals surface area contributed by atoms with Gasteiger partial charge in [-0.25, -0.2) is 0 Å². The zero-order valence-electron chi connectivity index (χ0n) is 22.1. The summed E-state index contributed by atoms with van der Waals surface area (Å²) >= 11 is 0. The van der Waals surface area contributed by atoms with Crippen LogP contribution in [0.1, 0.15) is 87.6 Å². The lowest BCUT2D eigenvalue weighted by Gasteiger charge is -2.34. The summed E-state index contributed by atoms with van der Waals surface area (Å²) in [4.78, 5) is 14.2. The molecular formula is C32H38O3. The lowest BCUT2D eigenvalue weighted by Crippen LogP contribution is -2.31. The molecule has 0 unspecified atom stereocenters. The highest BCUT2D eigenvalue weighted by Gasteiger charge is 2.39. The van der Waals surface area contributed by atoms with Gasteiger partial charge in [-0.2, -0.15) is 0 Å². The number of ether oxygens (including phenoxy) is 2. The van der Waals surface area contributed by atoms with Gasteiger partial charge in [0, 0.05) is 17.0 Å². The maximum absolute atomic E-state index is 14.2. The van der Waals surface area contributed by atoms with Crippen molar-refractivity contribution in [1.29, 1.82) is 0 Å². The third kappa shape index (κ3) is 5.15. The predicted octanol–water partition coefficient (Wildman–Crippen LogP) is 7.71. The second-order valence-electron chi connectivity index (χ2n) is 11.7. The molecule has 0 N–H and O–H groups in total. The van der Waals surface area contributed by atoms with E-state index in [1.165, 1.54) is 11.1 Å². The molecule has 0 radical (unpaired) electrons. The first-order valence-electron chi connectivity index (χ1n) is 12.6. The quantitative estimate of drug-likeness (QED) is 0.289. The van der Waals surface area contributed by atoms with Crippen LogP contribution in [0.5, 0.6) is 11.5 Å². The Labute approximate surface area is 210 Å². The van der Waals surface area contributed by atoms with Gasteiger partial charge in [0.1, 0.15) is 11.5 Å². The minimum Gasteiger partial charge on any atom is -0.497 e. The number of rotatable bonds is 4.